The third-order valence-electron chi connectivity index (χ3n) is 4.41. The Morgan fingerprint density at radius 2 is 1.85 bits per heavy atom. The van der Waals surface area contributed by atoms with Gasteiger partial charge in [0.15, 0.2) is 0 Å². The molecule has 27 heavy (non-hydrogen) atoms. The maximum atomic E-state index is 12.9. The number of aromatic nitrogens is 2. The van der Waals surface area contributed by atoms with Gasteiger partial charge in [0.05, 0.1) is 10.5 Å². The summed E-state index contributed by atoms with van der Waals surface area (Å²) in [7, 11) is -3.97. The minimum absolute atomic E-state index is 0.0345. The highest BCUT2D eigenvalue weighted by molar-refractivity contribution is 7.89. The van der Waals surface area contributed by atoms with Crippen molar-refractivity contribution in [2.45, 2.75) is 36.9 Å². The highest BCUT2D eigenvalue weighted by atomic mass is 32.2. The van der Waals surface area contributed by atoms with Crippen molar-refractivity contribution >= 4 is 15.8 Å². The molecule has 1 aromatic carbocycles. The van der Waals surface area contributed by atoms with Crippen molar-refractivity contribution in [3.63, 3.8) is 0 Å². The van der Waals surface area contributed by atoms with E-state index >= 15 is 0 Å². The van der Waals surface area contributed by atoms with E-state index in [1.807, 2.05) is 6.92 Å². The topological polar surface area (TPSA) is 75.2 Å². The second kappa shape index (κ2) is 7.43. The molecule has 2 heterocycles. The van der Waals surface area contributed by atoms with E-state index in [2.05, 4.69) is 15.3 Å². The van der Waals surface area contributed by atoms with Crippen molar-refractivity contribution < 1.29 is 21.6 Å². The first-order valence-electron chi connectivity index (χ1n) is 8.39. The van der Waals surface area contributed by atoms with Crippen molar-refractivity contribution in [3.8, 4) is 0 Å². The molecule has 0 radical (unpaired) electrons. The zero-order valence-electron chi connectivity index (χ0n) is 14.6. The largest absolute Gasteiger partial charge is 0.416 e. The van der Waals surface area contributed by atoms with E-state index in [1.54, 1.807) is 6.07 Å². The fourth-order valence-electron chi connectivity index (χ4n) is 2.97. The van der Waals surface area contributed by atoms with Gasteiger partial charge in [-0.3, -0.25) is 0 Å². The Hall–Kier alpha value is -2.20. The molecule has 10 heteroatoms. The number of hydrogen-bond acceptors (Lipinski definition) is 5. The quantitative estimate of drug-likeness (QED) is 0.854. The van der Waals surface area contributed by atoms with Gasteiger partial charge in [-0.15, -0.1) is 0 Å². The van der Waals surface area contributed by atoms with Crippen LogP contribution < -0.4 is 5.32 Å². The van der Waals surface area contributed by atoms with Crippen LogP contribution in [-0.4, -0.2) is 41.8 Å². The smallest absolute Gasteiger partial charge is 0.367 e. The van der Waals surface area contributed by atoms with Gasteiger partial charge in [-0.1, -0.05) is 6.07 Å². The van der Waals surface area contributed by atoms with Crippen LogP contribution in [0.1, 0.15) is 24.1 Å². The van der Waals surface area contributed by atoms with Gasteiger partial charge in [-0.05, 0) is 38.0 Å². The Morgan fingerprint density at radius 3 is 2.48 bits per heavy atom. The van der Waals surface area contributed by atoms with Gasteiger partial charge < -0.3 is 5.32 Å². The number of anilines is 1. The molecule has 0 amide bonds. The van der Waals surface area contributed by atoms with Crippen molar-refractivity contribution in [3.05, 3.63) is 47.9 Å². The Morgan fingerprint density at radius 1 is 1.15 bits per heavy atom. The Labute approximate surface area is 155 Å². The lowest BCUT2D eigenvalue weighted by Gasteiger charge is -2.32. The van der Waals surface area contributed by atoms with Gasteiger partial charge in [-0.2, -0.15) is 17.5 Å². The average Bonchev–Trinajstić information content (AvgIpc) is 2.62. The summed E-state index contributed by atoms with van der Waals surface area (Å²) < 4.78 is 65.2. The molecule has 1 saturated heterocycles. The lowest BCUT2D eigenvalue weighted by molar-refractivity contribution is -0.137. The summed E-state index contributed by atoms with van der Waals surface area (Å²) in [6.07, 6.45) is -2.08. The van der Waals surface area contributed by atoms with Gasteiger partial charge >= 0.3 is 6.18 Å². The molecule has 0 aliphatic carbocycles. The molecule has 6 nitrogen and oxygen atoms in total. The Bertz CT molecular complexity index is 910. The lowest BCUT2D eigenvalue weighted by atomic mass is 10.1. The molecule has 2 aromatic rings. The molecule has 3 rings (SSSR count). The van der Waals surface area contributed by atoms with Crippen LogP contribution >= 0.6 is 0 Å². The molecular weight excluding hydrogens is 381 g/mol. The van der Waals surface area contributed by atoms with Crippen molar-refractivity contribution in [2.24, 2.45) is 0 Å². The summed E-state index contributed by atoms with van der Waals surface area (Å²) in [4.78, 5) is 7.80. The molecule has 1 aliphatic heterocycles. The van der Waals surface area contributed by atoms with Gasteiger partial charge in [0.1, 0.15) is 12.1 Å². The number of benzene rings is 1. The summed E-state index contributed by atoms with van der Waals surface area (Å²) in [5.74, 6) is 0.668. The predicted octanol–water partition coefficient (Wildman–Crippen LogP) is 3.07. The molecular formula is C17H19F3N4O2S. The number of sulfonamides is 1. The van der Waals surface area contributed by atoms with Crippen LogP contribution in [0.3, 0.4) is 0 Å². The van der Waals surface area contributed by atoms with Gasteiger partial charge in [-0.25, -0.2) is 18.4 Å². The van der Waals surface area contributed by atoms with Gasteiger partial charge in [0, 0.05) is 30.9 Å². The SMILES string of the molecule is Cc1cc(NC2CCN(S(=O)(=O)c3cccc(C(F)(F)F)c3)CC2)ncn1. The van der Waals surface area contributed by atoms with E-state index in [4.69, 9.17) is 0 Å². The van der Waals surface area contributed by atoms with E-state index < -0.39 is 21.8 Å². The zero-order chi connectivity index (χ0) is 19.7. The number of nitrogens with one attached hydrogen (secondary N) is 1. The molecule has 0 unspecified atom stereocenters. The number of piperidine rings is 1. The van der Waals surface area contributed by atoms with E-state index in [0.717, 1.165) is 17.8 Å². The molecule has 0 saturated carbocycles. The minimum Gasteiger partial charge on any atom is -0.367 e. The van der Waals surface area contributed by atoms with E-state index in [0.29, 0.717) is 24.7 Å². The summed E-state index contributed by atoms with van der Waals surface area (Å²) in [5.41, 5.74) is -0.156. The first kappa shape index (κ1) is 19.6. The highest BCUT2D eigenvalue weighted by Gasteiger charge is 2.34. The van der Waals surface area contributed by atoms with Crippen LogP contribution in [-0.2, 0) is 16.2 Å². The summed E-state index contributed by atoms with van der Waals surface area (Å²) >= 11 is 0. The molecule has 1 fully saturated rings. The van der Waals surface area contributed by atoms with Gasteiger partial charge in [0.2, 0.25) is 10.0 Å². The standard InChI is InChI=1S/C17H19F3N4O2S/c1-12-9-16(22-11-21-12)23-14-5-7-24(8-6-14)27(25,26)15-4-2-3-13(10-15)17(18,19)20/h2-4,9-11,14H,5-8H2,1H3,(H,21,22,23). The highest BCUT2D eigenvalue weighted by Crippen LogP contribution is 2.31. The lowest BCUT2D eigenvalue weighted by Crippen LogP contribution is -2.42. The average molecular weight is 400 g/mol. The molecule has 146 valence electrons. The second-order valence-electron chi connectivity index (χ2n) is 6.39. The molecule has 1 N–H and O–H groups in total. The van der Waals surface area contributed by atoms with Crippen molar-refractivity contribution in [1.29, 1.82) is 0 Å². The fourth-order valence-corrected chi connectivity index (χ4v) is 4.48. The monoisotopic (exact) mass is 400 g/mol. The van der Waals surface area contributed by atoms with Crippen LogP contribution in [0.25, 0.3) is 0 Å². The van der Waals surface area contributed by atoms with Crippen LogP contribution in [0, 0.1) is 6.92 Å². The third kappa shape index (κ3) is 4.56. The Kier molecular flexibility index (Phi) is 5.38. The van der Waals surface area contributed by atoms with Crippen LogP contribution in [0.15, 0.2) is 41.6 Å². The maximum absolute atomic E-state index is 12.9. The third-order valence-corrected chi connectivity index (χ3v) is 6.30. The molecule has 0 spiro atoms. The molecule has 1 aromatic heterocycles. The predicted molar refractivity (Wildman–Crippen MR) is 93.6 cm³/mol. The molecule has 1 aliphatic rings. The molecule has 0 atom stereocenters. The number of rotatable bonds is 4. The van der Waals surface area contributed by atoms with E-state index in [9.17, 15) is 21.6 Å². The van der Waals surface area contributed by atoms with Crippen LogP contribution in [0.5, 0.6) is 0 Å². The minimum atomic E-state index is -4.59. The Balaban J connectivity index is 1.68. The molecule has 0 bridgehead atoms. The second-order valence-corrected chi connectivity index (χ2v) is 8.33. The first-order valence-corrected chi connectivity index (χ1v) is 9.83. The van der Waals surface area contributed by atoms with E-state index in [-0.39, 0.29) is 24.0 Å². The van der Waals surface area contributed by atoms with Crippen molar-refractivity contribution in [2.75, 3.05) is 18.4 Å². The maximum Gasteiger partial charge on any atom is 0.416 e. The fraction of sp³-hybridized carbons (Fsp3) is 0.412. The van der Waals surface area contributed by atoms with Crippen LogP contribution in [0.2, 0.25) is 0 Å². The summed E-state index contributed by atoms with van der Waals surface area (Å²) in [6.45, 7) is 2.29. The zero-order valence-corrected chi connectivity index (χ0v) is 15.4. The normalized spacial score (nSPS) is 17.0. The van der Waals surface area contributed by atoms with Crippen molar-refractivity contribution in [1.82, 2.24) is 14.3 Å². The number of nitrogens with zero attached hydrogens (tertiary/aromatic N) is 3. The first-order chi connectivity index (χ1) is 12.7. The summed E-state index contributed by atoms with van der Waals surface area (Å²) in [5, 5.41) is 3.24. The number of hydrogen-bond donors (Lipinski definition) is 1. The number of aryl methyl sites for hydroxylation is 1. The summed E-state index contributed by atoms with van der Waals surface area (Å²) in [6, 6.07) is 5.68. The number of alkyl halides is 3. The van der Waals surface area contributed by atoms with Crippen LogP contribution in [0.4, 0.5) is 19.0 Å². The van der Waals surface area contributed by atoms with Gasteiger partial charge in [0.25, 0.3) is 0 Å². The van der Waals surface area contributed by atoms with E-state index in [1.165, 1.54) is 16.7 Å². The number of halogens is 3.